The van der Waals surface area contributed by atoms with Crippen LogP contribution in [0.5, 0.6) is 0 Å². The first-order chi connectivity index (χ1) is 18.4. The van der Waals surface area contributed by atoms with Crippen LogP contribution in [-0.2, 0) is 25.8 Å². The van der Waals surface area contributed by atoms with Crippen molar-refractivity contribution in [2.75, 3.05) is 10.7 Å². The van der Waals surface area contributed by atoms with Crippen LogP contribution in [0, 0.1) is 11.8 Å². The average molecular weight is 592 g/mol. The molecule has 1 aliphatic heterocycles. The number of hydrogen-bond donors (Lipinski definition) is 1. The lowest BCUT2D eigenvalue weighted by Crippen LogP contribution is -2.60. The van der Waals surface area contributed by atoms with Gasteiger partial charge in [0, 0.05) is 22.2 Å². The first-order valence-electron chi connectivity index (χ1n) is 13.0. The predicted octanol–water partition coefficient (Wildman–Crippen LogP) is 5.44. The molecule has 5 rings (SSSR count). The minimum atomic E-state index is -3.51. The molecule has 11 heteroatoms. The van der Waals surface area contributed by atoms with E-state index in [1.54, 1.807) is 62.2 Å². The Balaban J connectivity index is 1.66. The Morgan fingerprint density at radius 3 is 2.41 bits per heavy atom. The van der Waals surface area contributed by atoms with Gasteiger partial charge < -0.3 is 9.64 Å². The van der Waals surface area contributed by atoms with Gasteiger partial charge >= 0.3 is 0 Å². The summed E-state index contributed by atoms with van der Waals surface area (Å²) in [7, 11) is -3.51. The molecule has 1 aromatic heterocycles. The molecule has 208 valence electrons. The van der Waals surface area contributed by atoms with Crippen LogP contribution in [0.1, 0.15) is 51.0 Å². The predicted molar refractivity (Wildman–Crippen MR) is 152 cm³/mol. The number of rotatable bonds is 8. The highest BCUT2D eigenvalue weighted by atomic mass is 35.5. The maximum Gasteiger partial charge on any atom is 0.256 e. The Morgan fingerprint density at radius 2 is 1.82 bits per heavy atom. The normalized spacial score (nSPS) is 23.2. The van der Waals surface area contributed by atoms with Crippen molar-refractivity contribution < 1.29 is 17.9 Å². The van der Waals surface area contributed by atoms with Gasteiger partial charge in [-0.05, 0) is 87.4 Å². The van der Waals surface area contributed by atoms with Crippen molar-refractivity contribution in [3.8, 4) is 0 Å². The number of aromatic amines is 1. The summed E-state index contributed by atoms with van der Waals surface area (Å²) in [6.45, 7) is 5.15. The second kappa shape index (κ2) is 10.8. The van der Waals surface area contributed by atoms with Gasteiger partial charge in [0.25, 0.3) is 5.91 Å². The number of ether oxygens (including phenoxy) is 1. The van der Waals surface area contributed by atoms with Crippen molar-refractivity contribution in [2.45, 2.75) is 63.0 Å². The first kappa shape index (κ1) is 28.1. The summed E-state index contributed by atoms with van der Waals surface area (Å²) in [5.74, 6) is -0.520. The molecular formula is C28H32Cl2N4O4S. The Bertz CT molecular complexity index is 1420. The van der Waals surface area contributed by atoms with Crippen LogP contribution in [0.4, 0.5) is 5.69 Å². The fraction of sp³-hybridized carbons (Fsp3) is 0.464. The molecule has 1 amide bonds. The lowest BCUT2D eigenvalue weighted by Gasteiger charge is -2.48. The Labute approximate surface area is 238 Å². The van der Waals surface area contributed by atoms with Gasteiger partial charge in [-0.3, -0.25) is 9.89 Å². The van der Waals surface area contributed by atoms with E-state index in [2.05, 4.69) is 15.4 Å². The van der Waals surface area contributed by atoms with E-state index in [0.29, 0.717) is 21.4 Å². The Kier molecular flexibility index (Phi) is 7.81. The number of anilines is 1. The minimum Gasteiger partial charge on any atom is -0.358 e. The number of hydrogen-bond acceptors (Lipinski definition) is 6. The SMILES string of the molecule is CC(C)(C)S(=O)(=O)CC(C1CC1)C1C(c2cccc(Cl)c2)OC(Cc2cnn[nH]2)C(=O)N1c1ccc(Cl)cc1. The molecular weight excluding hydrogens is 559 g/mol. The number of amides is 1. The molecule has 39 heavy (non-hydrogen) atoms. The highest BCUT2D eigenvalue weighted by molar-refractivity contribution is 7.92. The van der Waals surface area contributed by atoms with Crippen molar-refractivity contribution >= 4 is 44.6 Å². The summed E-state index contributed by atoms with van der Waals surface area (Å²) < 4.78 is 32.8. The van der Waals surface area contributed by atoms with Gasteiger partial charge in [-0.1, -0.05) is 40.5 Å². The summed E-state index contributed by atoms with van der Waals surface area (Å²) in [6.07, 6.45) is 2.10. The summed E-state index contributed by atoms with van der Waals surface area (Å²) in [5, 5.41) is 11.5. The molecule has 2 aromatic carbocycles. The fourth-order valence-corrected chi connectivity index (χ4v) is 7.03. The van der Waals surface area contributed by atoms with Gasteiger partial charge in [-0.15, -0.1) is 5.10 Å². The number of nitrogens with one attached hydrogen (secondary N) is 1. The van der Waals surface area contributed by atoms with Crippen molar-refractivity contribution in [3.63, 3.8) is 0 Å². The van der Waals surface area contributed by atoms with Crippen molar-refractivity contribution in [1.29, 1.82) is 0 Å². The number of aromatic nitrogens is 3. The zero-order valence-corrected chi connectivity index (χ0v) is 24.4. The number of halogens is 2. The molecule has 2 heterocycles. The molecule has 1 saturated heterocycles. The zero-order chi connectivity index (χ0) is 27.9. The third-order valence-corrected chi connectivity index (χ3v) is 10.8. The lowest BCUT2D eigenvalue weighted by molar-refractivity contribution is -0.146. The molecule has 1 saturated carbocycles. The summed E-state index contributed by atoms with van der Waals surface area (Å²) in [5.41, 5.74) is 2.07. The van der Waals surface area contributed by atoms with Crippen molar-refractivity contribution in [2.24, 2.45) is 11.8 Å². The molecule has 2 fully saturated rings. The largest absolute Gasteiger partial charge is 0.358 e. The van der Waals surface area contributed by atoms with E-state index in [4.69, 9.17) is 27.9 Å². The van der Waals surface area contributed by atoms with E-state index in [1.807, 2.05) is 18.2 Å². The summed E-state index contributed by atoms with van der Waals surface area (Å²) in [6, 6.07) is 13.8. The number of nitrogens with zero attached hydrogens (tertiary/aromatic N) is 3. The third-order valence-electron chi connectivity index (χ3n) is 7.60. The molecule has 1 N–H and O–H groups in total. The highest BCUT2D eigenvalue weighted by Crippen LogP contribution is 2.48. The summed E-state index contributed by atoms with van der Waals surface area (Å²) >= 11 is 12.6. The number of H-pyrrole nitrogens is 1. The number of morpholine rings is 1. The van der Waals surface area contributed by atoms with Gasteiger partial charge in [0.2, 0.25) is 0 Å². The zero-order valence-electron chi connectivity index (χ0n) is 22.1. The highest BCUT2D eigenvalue weighted by Gasteiger charge is 2.52. The van der Waals surface area contributed by atoms with E-state index in [1.165, 1.54) is 0 Å². The molecule has 0 radical (unpaired) electrons. The molecule has 3 aromatic rings. The van der Waals surface area contributed by atoms with Crippen LogP contribution in [0.3, 0.4) is 0 Å². The smallest absolute Gasteiger partial charge is 0.256 e. The monoisotopic (exact) mass is 590 g/mol. The number of carbonyl (C=O) groups excluding carboxylic acids is 1. The Hall–Kier alpha value is -2.46. The number of carbonyl (C=O) groups is 1. The molecule has 8 nitrogen and oxygen atoms in total. The maximum absolute atomic E-state index is 14.2. The van der Waals surface area contributed by atoms with E-state index in [-0.39, 0.29) is 29.9 Å². The van der Waals surface area contributed by atoms with E-state index < -0.39 is 32.8 Å². The first-order valence-corrected chi connectivity index (χ1v) is 15.4. The van der Waals surface area contributed by atoms with Gasteiger partial charge in [0.15, 0.2) is 9.84 Å². The molecule has 0 spiro atoms. The van der Waals surface area contributed by atoms with E-state index in [0.717, 1.165) is 18.4 Å². The van der Waals surface area contributed by atoms with Crippen LogP contribution in [0.15, 0.2) is 54.7 Å². The maximum atomic E-state index is 14.2. The van der Waals surface area contributed by atoms with Crippen LogP contribution in [0.2, 0.25) is 10.0 Å². The molecule has 4 atom stereocenters. The second-order valence-electron chi connectivity index (χ2n) is 11.4. The average Bonchev–Trinajstić information content (AvgIpc) is 3.59. The van der Waals surface area contributed by atoms with Gasteiger partial charge in [-0.2, -0.15) is 0 Å². The van der Waals surface area contributed by atoms with Gasteiger partial charge in [-0.25, -0.2) is 8.42 Å². The summed E-state index contributed by atoms with van der Waals surface area (Å²) in [4.78, 5) is 16.0. The van der Waals surface area contributed by atoms with Crippen molar-refractivity contribution in [3.05, 3.63) is 76.0 Å². The molecule has 2 aliphatic rings. The third kappa shape index (κ3) is 6.01. The molecule has 1 aliphatic carbocycles. The number of benzene rings is 2. The van der Waals surface area contributed by atoms with Crippen LogP contribution >= 0.6 is 23.2 Å². The number of sulfone groups is 1. The standard InChI is InChI=1S/C28H32Cl2N4O4S/c1-28(2,3)39(36,37)16-23(17-7-8-17)25-26(18-5-4-6-20(30)13-18)38-24(14-21-15-31-33-32-21)27(35)34(25)22-11-9-19(29)10-12-22/h4-6,9-13,15,17,23-26H,7-8,14,16H2,1-3H3,(H,31,32,33). The molecule has 4 unspecified atom stereocenters. The van der Waals surface area contributed by atoms with Crippen LogP contribution in [0.25, 0.3) is 0 Å². The minimum absolute atomic E-state index is 0.0568. The van der Waals surface area contributed by atoms with Crippen molar-refractivity contribution in [1.82, 2.24) is 15.4 Å². The second-order valence-corrected chi connectivity index (χ2v) is 15.0. The van der Waals surface area contributed by atoms with Gasteiger partial charge in [0.05, 0.1) is 28.4 Å². The fourth-order valence-electron chi connectivity index (χ4n) is 5.22. The molecule has 0 bridgehead atoms. The van der Waals surface area contributed by atoms with E-state index in [9.17, 15) is 13.2 Å². The van der Waals surface area contributed by atoms with E-state index >= 15 is 0 Å². The lowest BCUT2D eigenvalue weighted by atomic mass is 9.84. The Morgan fingerprint density at radius 1 is 1.10 bits per heavy atom. The van der Waals surface area contributed by atoms with Crippen LogP contribution < -0.4 is 4.90 Å². The van der Waals surface area contributed by atoms with Gasteiger partial charge in [0.1, 0.15) is 12.2 Å². The topological polar surface area (TPSA) is 105 Å². The van der Waals surface area contributed by atoms with Crippen LogP contribution in [-0.4, -0.2) is 52.4 Å². The quantitative estimate of drug-likeness (QED) is 0.374.